The van der Waals surface area contributed by atoms with Crippen molar-refractivity contribution in [3.63, 3.8) is 0 Å². The van der Waals surface area contributed by atoms with Gasteiger partial charge < -0.3 is 5.73 Å². The Kier molecular flexibility index (Phi) is 2.93. The molecule has 1 atom stereocenters. The molecule has 2 rings (SSSR count). The van der Waals surface area contributed by atoms with Gasteiger partial charge in [0.25, 0.3) is 0 Å². The lowest BCUT2D eigenvalue weighted by molar-refractivity contribution is -0.138. The lowest BCUT2D eigenvalue weighted by Gasteiger charge is -2.14. The van der Waals surface area contributed by atoms with Crippen molar-refractivity contribution in [3.05, 3.63) is 35.4 Å². The van der Waals surface area contributed by atoms with E-state index in [1.54, 1.807) is 12.1 Å². The molecule has 1 aromatic rings. The summed E-state index contributed by atoms with van der Waals surface area (Å²) in [4.78, 5) is 0. The van der Waals surface area contributed by atoms with E-state index in [9.17, 15) is 13.2 Å². The molecule has 1 saturated carbocycles. The Morgan fingerprint density at radius 1 is 1.19 bits per heavy atom. The first-order valence-corrected chi connectivity index (χ1v) is 5.38. The molecule has 1 nitrogen and oxygen atoms in total. The largest absolute Gasteiger partial charge is 0.390 e. The van der Waals surface area contributed by atoms with E-state index in [0.29, 0.717) is 11.5 Å². The summed E-state index contributed by atoms with van der Waals surface area (Å²) in [5.41, 5.74) is 7.27. The third-order valence-corrected chi connectivity index (χ3v) is 2.86. The van der Waals surface area contributed by atoms with Gasteiger partial charge in [0.1, 0.15) is 0 Å². The Balaban J connectivity index is 2.03. The molecule has 1 fully saturated rings. The second-order valence-electron chi connectivity index (χ2n) is 4.37. The number of hydrogen-bond donors (Lipinski definition) is 1. The van der Waals surface area contributed by atoms with Crippen molar-refractivity contribution in [3.8, 4) is 0 Å². The van der Waals surface area contributed by atoms with E-state index >= 15 is 0 Å². The maximum Gasteiger partial charge on any atom is 0.390 e. The number of alkyl halides is 3. The van der Waals surface area contributed by atoms with Crippen LogP contribution >= 0.6 is 0 Å². The van der Waals surface area contributed by atoms with Gasteiger partial charge >= 0.3 is 6.18 Å². The van der Waals surface area contributed by atoms with Gasteiger partial charge in [-0.05, 0) is 29.9 Å². The van der Waals surface area contributed by atoms with Crippen molar-refractivity contribution in [2.75, 3.05) is 0 Å². The number of halogens is 3. The molecular formula is C12H14F3N. The third-order valence-electron chi connectivity index (χ3n) is 2.86. The van der Waals surface area contributed by atoms with Crippen molar-refractivity contribution in [1.29, 1.82) is 0 Å². The maximum atomic E-state index is 12.1. The molecule has 0 amide bonds. The molecule has 1 aliphatic rings. The summed E-state index contributed by atoms with van der Waals surface area (Å²) < 4.78 is 36.4. The number of rotatable bonds is 3. The molecule has 2 N–H and O–H groups in total. The molecule has 0 saturated heterocycles. The van der Waals surface area contributed by atoms with Crippen LogP contribution in [0.25, 0.3) is 0 Å². The van der Waals surface area contributed by atoms with Crippen molar-refractivity contribution < 1.29 is 13.2 Å². The van der Waals surface area contributed by atoms with E-state index < -0.39 is 18.6 Å². The fraction of sp³-hybridized carbons (Fsp3) is 0.500. The molecule has 0 bridgehead atoms. The average molecular weight is 229 g/mol. The van der Waals surface area contributed by atoms with Crippen LogP contribution in [0.4, 0.5) is 13.2 Å². The molecule has 1 aromatic carbocycles. The minimum atomic E-state index is -4.20. The van der Waals surface area contributed by atoms with Crippen LogP contribution in [0.2, 0.25) is 0 Å². The van der Waals surface area contributed by atoms with E-state index in [4.69, 9.17) is 5.73 Å². The molecule has 0 spiro atoms. The van der Waals surface area contributed by atoms with E-state index in [1.807, 2.05) is 12.1 Å². The van der Waals surface area contributed by atoms with Crippen LogP contribution in [0.5, 0.6) is 0 Å². The zero-order chi connectivity index (χ0) is 11.8. The van der Waals surface area contributed by atoms with Gasteiger partial charge in [-0.25, -0.2) is 0 Å². The summed E-state index contributed by atoms with van der Waals surface area (Å²) in [5.74, 6) is 0.618. The summed E-state index contributed by atoms with van der Waals surface area (Å²) in [7, 11) is 0. The molecule has 0 aromatic heterocycles. The second-order valence-corrected chi connectivity index (χ2v) is 4.37. The fourth-order valence-electron chi connectivity index (χ4n) is 1.80. The number of hydrogen-bond acceptors (Lipinski definition) is 1. The van der Waals surface area contributed by atoms with E-state index in [2.05, 4.69) is 0 Å². The lowest BCUT2D eigenvalue weighted by Crippen LogP contribution is -2.20. The summed E-state index contributed by atoms with van der Waals surface area (Å²) in [6, 6.07) is 6.26. The first-order chi connectivity index (χ1) is 7.46. The van der Waals surface area contributed by atoms with Crippen LogP contribution in [-0.4, -0.2) is 6.18 Å². The van der Waals surface area contributed by atoms with Crippen LogP contribution in [0.15, 0.2) is 24.3 Å². The predicted molar refractivity (Wildman–Crippen MR) is 56.0 cm³/mol. The highest BCUT2D eigenvalue weighted by atomic mass is 19.4. The first kappa shape index (κ1) is 11.5. The normalized spacial score (nSPS) is 18.5. The molecule has 1 aliphatic carbocycles. The number of benzene rings is 1. The van der Waals surface area contributed by atoms with Crippen molar-refractivity contribution in [1.82, 2.24) is 0 Å². The van der Waals surface area contributed by atoms with Crippen LogP contribution in [0.1, 0.15) is 42.3 Å². The monoisotopic (exact) mass is 229 g/mol. The van der Waals surface area contributed by atoms with Crippen LogP contribution in [0.3, 0.4) is 0 Å². The van der Waals surface area contributed by atoms with Gasteiger partial charge in [0, 0.05) is 6.04 Å². The smallest absolute Gasteiger partial charge is 0.324 e. The van der Waals surface area contributed by atoms with Crippen molar-refractivity contribution in [2.24, 2.45) is 5.73 Å². The number of nitrogens with two attached hydrogens (primary N) is 1. The van der Waals surface area contributed by atoms with Crippen LogP contribution in [0, 0.1) is 0 Å². The first-order valence-electron chi connectivity index (χ1n) is 5.38. The molecule has 0 unspecified atom stereocenters. The summed E-state index contributed by atoms with van der Waals surface area (Å²) in [5, 5.41) is 0. The van der Waals surface area contributed by atoms with Gasteiger partial charge in [-0.3, -0.25) is 0 Å². The molecular weight excluding hydrogens is 215 g/mol. The van der Waals surface area contributed by atoms with Crippen LogP contribution in [-0.2, 0) is 0 Å². The van der Waals surface area contributed by atoms with E-state index in [-0.39, 0.29) is 0 Å². The van der Waals surface area contributed by atoms with Gasteiger partial charge in [0.2, 0.25) is 0 Å². The standard InChI is InChI=1S/C12H14F3N/c13-12(14,15)7-11(16)10-5-3-9(4-6-10)8-1-2-8/h3-6,8,11H,1-2,7,16H2/t11-/m1/s1. The molecule has 0 heterocycles. The van der Waals surface area contributed by atoms with Gasteiger partial charge in [-0.2, -0.15) is 13.2 Å². The highest BCUT2D eigenvalue weighted by Crippen LogP contribution is 2.40. The maximum absolute atomic E-state index is 12.1. The SMILES string of the molecule is N[C@H](CC(F)(F)F)c1ccc(C2CC2)cc1. The third kappa shape index (κ3) is 2.98. The van der Waals surface area contributed by atoms with Crippen molar-refractivity contribution >= 4 is 0 Å². The highest BCUT2D eigenvalue weighted by Gasteiger charge is 2.31. The van der Waals surface area contributed by atoms with E-state index in [0.717, 1.165) is 0 Å². The summed E-state index contributed by atoms with van der Waals surface area (Å²) in [6.07, 6.45) is -2.79. The van der Waals surface area contributed by atoms with Crippen molar-refractivity contribution in [2.45, 2.75) is 37.4 Å². The molecule has 4 heteroatoms. The van der Waals surface area contributed by atoms with Gasteiger partial charge in [-0.1, -0.05) is 24.3 Å². The molecule has 0 aliphatic heterocycles. The molecule has 88 valence electrons. The molecule has 0 radical (unpaired) electrons. The lowest BCUT2D eigenvalue weighted by atomic mass is 10.0. The Labute approximate surface area is 92.5 Å². The Morgan fingerprint density at radius 2 is 1.75 bits per heavy atom. The Morgan fingerprint density at radius 3 is 2.19 bits per heavy atom. The van der Waals surface area contributed by atoms with Gasteiger partial charge in [0.15, 0.2) is 0 Å². The topological polar surface area (TPSA) is 26.0 Å². The Bertz CT molecular complexity index is 352. The van der Waals surface area contributed by atoms with E-state index in [1.165, 1.54) is 18.4 Å². The predicted octanol–water partition coefficient (Wildman–Crippen LogP) is 3.52. The van der Waals surface area contributed by atoms with Gasteiger partial charge in [0.05, 0.1) is 6.42 Å². The minimum absolute atomic E-state index is 0.557. The minimum Gasteiger partial charge on any atom is -0.324 e. The molecule has 16 heavy (non-hydrogen) atoms. The zero-order valence-electron chi connectivity index (χ0n) is 8.80. The average Bonchev–Trinajstić information content (AvgIpc) is 2.98. The second kappa shape index (κ2) is 4.09. The highest BCUT2D eigenvalue weighted by molar-refractivity contribution is 5.29. The fourth-order valence-corrected chi connectivity index (χ4v) is 1.80. The summed E-state index contributed by atoms with van der Waals surface area (Å²) in [6.45, 7) is 0. The summed E-state index contributed by atoms with van der Waals surface area (Å²) >= 11 is 0. The van der Waals surface area contributed by atoms with Crippen LogP contribution < -0.4 is 5.73 Å². The Hall–Kier alpha value is -1.03. The zero-order valence-corrected chi connectivity index (χ0v) is 8.80. The van der Waals surface area contributed by atoms with Gasteiger partial charge in [-0.15, -0.1) is 0 Å². The quantitative estimate of drug-likeness (QED) is 0.843.